The molecule has 1 heterocycles. The smallest absolute Gasteiger partial charge is 0.162 e. The third kappa shape index (κ3) is 2.79. The van der Waals surface area contributed by atoms with Gasteiger partial charge < -0.3 is 14.6 Å². The van der Waals surface area contributed by atoms with Gasteiger partial charge in [0.1, 0.15) is 25.1 Å². The van der Waals surface area contributed by atoms with E-state index in [0.717, 1.165) is 0 Å². The second kappa shape index (κ2) is 5.72. The molecule has 1 atom stereocenters. The predicted octanol–water partition coefficient (Wildman–Crippen LogP) is 3.99. The molecule has 0 aliphatic carbocycles. The summed E-state index contributed by atoms with van der Waals surface area (Å²) >= 11 is 11.9. The van der Waals surface area contributed by atoms with Crippen molar-refractivity contribution in [2.24, 2.45) is 0 Å². The first-order valence-corrected chi connectivity index (χ1v) is 7.04. The molecule has 0 radical (unpaired) electrons. The summed E-state index contributed by atoms with van der Waals surface area (Å²) in [7, 11) is 0. The highest BCUT2D eigenvalue weighted by Crippen LogP contribution is 2.39. The summed E-state index contributed by atoms with van der Waals surface area (Å²) in [6.45, 7) is 0.894. The molecule has 0 amide bonds. The van der Waals surface area contributed by atoms with Crippen molar-refractivity contribution in [1.82, 2.24) is 0 Å². The number of ether oxygens (including phenoxy) is 2. The number of fused-ring (bicyclic) bond motifs is 1. The van der Waals surface area contributed by atoms with Gasteiger partial charge in [0.2, 0.25) is 0 Å². The van der Waals surface area contributed by atoms with E-state index in [1.807, 2.05) is 0 Å². The minimum absolute atomic E-state index is 0.0554. The molecule has 1 aliphatic rings. The van der Waals surface area contributed by atoms with Crippen molar-refractivity contribution in [1.29, 1.82) is 0 Å². The van der Waals surface area contributed by atoms with Crippen LogP contribution in [0.15, 0.2) is 30.3 Å². The van der Waals surface area contributed by atoms with Crippen molar-refractivity contribution in [2.75, 3.05) is 13.2 Å². The van der Waals surface area contributed by atoms with Crippen LogP contribution in [0.2, 0.25) is 10.0 Å². The van der Waals surface area contributed by atoms with Crippen LogP contribution in [0.4, 0.5) is 4.39 Å². The Bertz CT molecular complexity index is 691. The van der Waals surface area contributed by atoms with Crippen molar-refractivity contribution >= 4 is 23.2 Å². The predicted molar refractivity (Wildman–Crippen MR) is 77.9 cm³/mol. The molecule has 3 nitrogen and oxygen atoms in total. The molecule has 0 saturated heterocycles. The number of rotatable bonds is 2. The van der Waals surface area contributed by atoms with E-state index in [1.165, 1.54) is 18.2 Å². The Hall–Kier alpha value is -1.49. The molecule has 1 N–H and O–H groups in total. The lowest BCUT2D eigenvalue weighted by molar-refractivity contribution is 0.169. The van der Waals surface area contributed by atoms with Crippen LogP contribution in [-0.2, 0) is 0 Å². The maximum absolute atomic E-state index is 13.2. The summed E-state index contributed by atoms with van der Waals surface area (Å²) in [6.07, 6.45) is -1.04. The molecule has 3 rings (SSSR count). The van der Waals surface area contributed by atoms with E-state index in [0.29, 0.717) is 40.9 Å². The Kier molecular flexibility index (Phi) is 3.93. The molecule has 0 bridgehead atoms. The molecular weight excluding hydrogens is 318 g/mol. The quantitative estimate of drug-likeness (QED) is 0.906. The minimum Gasteiger partial charge on any atom is -0.486 e. The zero-order valence-electron chi connectivity index (χ0n) is 10.8. The lowest BCUT2D eigenvalue weighted by Gasteiger charge is -2.21. The molecule has 1 unspecified atom stereocenters. The lowest BCUT2D eigenvalue weighted by atomic mass is 10.0. The number of hydrogen-bond acceptors (Lipinski definition) is 3. The third-order valence-electron chi connectivity index (χ3n) is 3.22. The summed E-state index contributed by atoms with van der Waals surface area (Å²) in [5.41, 5.74) is 0.892. The Morgan fingerprint density at radius 2 is 1.67 bits per heavy atom. The molecule has 2 aromatic carbocycles. The summed E-state index contributed by atoms with van der Waals surface area (Å²) in [4.78, 5) is 0. The number of benzene rings is 2. The van der Waals surface area contributed by atoms with Crippen molar-refractivity contribution in [3.05, 3.63) is 57.3 Å². The van der Waals surface area contributed by atoms with Crippen LogP contribution in [0.5, 0.6) is 11.5 Å². The van der Waals surface area contributed by atoms with E-state index in [-0.39, 0.29) is 5.02 Å². The van der Waals surface area contributed by atoms with E-state index < -0.39 is 11.9 Å². The highest BCUT2D eigenvalue weighted by atomic mass is 35.5. The largest absolute Gasteiger partial charge is 0.486 e. The molecule has 0 aromatic heterocycles. The fourth-order valence-electron chi connectivity index (χ4n) is 2.15. The van der Waals surface area contributed by atoms with Gasteiger partial charge in [-0.3, -0.25) is 0 Å². The van der Waals surface area contributed by atoms with Crippen LogP contribution >= 0.6 is 23.2 Å². The first-order valence-electron chi connectivity index (χ1n) is 6.28. The molecule has 1 aliphatic heterocycles. The van der Waals surface area contributed by atoms with Gasteiger partial charge in [0, 0.05) is 11.6 Å². The monoisotopic (exact) mass is 328 g/mol. The lowest BCUT2D eigenvalue weighted by Crippen LogP contribution is -2.16. The number of halogens is 3. The first kappa shape index (κ1) is 14.4. The van der Waals surface area contributed by atoms with Gasteiger partial charge in [0.25, 0.3) is 0 Å². The Labute approximate surface area is 130 Å². The van der Waals surface area contributed by atoms with E-state index >= 15 is 0 Å². The van der Waals surface area contributed by atoms with Crippen molar-refractivity contribution in [2.45, 2.75) is 6.10 Å². The van der Waals surface area contributed by atoms with Crippen LogP contribution in [0, 0.1) is 5.82 Å². The maximum atomic E-state index is 13.2. The molecular formula is C15H11Cl2FO3. The topological polar surface area (TPSA) is 38.7 Å². The van der Waals surface area contributed by atoms with Crippen LogP contribution in [0.1, 0.15) is 17.2 Å². The molecule has 0 spiro atoms. The second-order valence-electron chi connectivity index (χ2n) is 4.59. The maximum Gasteiger partial charge on any atom is 0.162 e. The van der Waals surface area contributed by atoms with Gasteiger partial charge in [-0.05, 0) is 23.8 Å². The van der Waals surface area contributed by atoms with Crippen molar-refractivity contribution < 1.29 is 19.0 Å². The SMILES string of the molecule is OC(c1ccc(F)c(Cl)c1)c1cc2c(cc1Cl)OCCO2. The molecule has 21 heavy (non-hydrogen) atoms. The van der Waals surface area contributed by atoms with Gasteiger partial charge in [-0.25, -0.2) is 4.39 Å². The van der Waals surface area contributed by atoms with Crippen molar-refractivity contribution in [3.63, 3.8) is 0 Å². The van der Waals surface area contributed by atoms with Crippen LogP contribution < -0.4 is 9.47 Å². The van der Waals surface area contributed by atoms with Gasteiger partial charge >= 0.3 is 0 Å². The third-order valence-corrected chi connectivity index (χ3v) is 3.83. The summed E-state index contributed by atoms with van der Waals surface area (Å²) in [5, 5.41) is 10.7. The summed E-state index contributed by atoms with van der Waals surface area (Å²) < 4.78 is 24.1. The minimum atomic E-state index is -1.04. The van der Waals surface area contributed by atoms with E-state index in [4.69, 9.17) is 32.7 Å². The summed E-state index contributed by atoms with van der Waals surface area (Å²) in [5.74, 6) is 0.521. The normalized spacial score (nSPS) is 14.9. The van der Waals surface area contributed by atoms with E-state index in [1.54, 1.807) is 12.1 Å². The second-order valence-corrected chi connectivity index (χ2v) is 5.41. The van der Waals surface area contributed by atoms with E-state index in [2.05, 4.69) is 0 Å². The molecule has 6 heteroatoms. The Balaban J connectivity index is 2.00. The zero-order chi connectivity index (χ0) is 15.0. The van der Waals surface area contributed by atoms with Crippen LogP contribution in [0.3, 0.4) is 0 Å². The highest BCUT2D eigenvalue weighted by molar-refractivity contribution is 6.31. The Morgan fingerprint density at radius 1 is 1.00 bits per heavy atom. The fraction of sp³-hybridized carbons (Fsp3) is 0.200. The number of aliphatic hydroxyl groups is 1. The van der Waals surface area contributed by atoms with Gasteiger partial charge in [0.15, 0.2) is 11.5 Å². The van der Waals surface area contributed by atoms with E-state index in [9.17, 15) is 9.50 Å². The van der Waals surface area contributed by atoms with Gasteiger partial charge in [-0.2, -0.15) is 0 Å². The molecule has 110 valence electrons. The average molecular weight is 329 g/mol. The van der Waals surface area contributed by atoms with Gasteiger partial charge in [-0.15, -0.1) is 0 Å². The van der Waals surface area contributed by atoms with Crippen LogP contribution in [-0.4, -0.2) is 18.3 Å². The molecule has 2 aromatic rings. The standard InChI is InChI=1S/C15H11Cl2FO3/c16-10-7-14-13(20-3-4-21-14)6-9(10)15(19)8-1-2-12(18)11(17)5-8/h1-2,5-7,15,19H,3-4H2. The molecule has 0 fully saturated rings. The van der Waals surface area contributed by atoms with Crippen LogP contribution in [0.25, 0.3) is 0 Å². The average Bonchev–Trinajstić information content (AvgIpc) is 2.48. The van der Waals surface area contributed by atoms with Crippen molar-refractivity contribution in [3.8, 4) is 11.5 Å². The fourth-order valence-corrected chi connectivity index (χ4v) is 2.60. The Morgan fingerprint density at radius 3 is 2.33 bits per heavy atom. The first-order chi connectivity index (χ1) is 10.1. The number of hydrogen-bond donors (Lipinski definition) is 1. The molecule has 0 saturated carbocycles. The summed E-state index contributed by atoms with van der Waals surface area (Å²) in [6, 6.07) is 7.25. The van der Waals surface area contributed by atoms with Gasteiger partial charge in [0.05, 0.1) is 10.0 Å². The number of aliphatic hydroxyl groups excluding tert-OH is 1. The highest BCUT2D eigenvalue weighted by Gasteiger charge is 2.21. The van der Waals surface area contributed by atoms with Gasteiger partial charge in [-0.1, -0.05) is 29.3 Å². The zero-order valence-corrected chi connectivity index (χ0v) is 12.3.